The van der Waals surface area contributed by atoms with E-state index in [1.165, 1.54) is 16.7 Å². The first-order chi connectivity index (χ1) is 11.2. The number of ketones is 1. The minimum atomic E-state index is 0.226. The van der Waals surface area contributed by atoms with Crippen molar-refractivity contribution < 1.29 is 4.79 Å². The molecule has 0 radical (unpaired) electrons. The number of hydrogen-bond acceptors (Lipinski definition) is 2. The summed E-state index contributed by atoms with van der Waals surface area (Å²) < 4.78 is 0. The zero-order valence-electron chi connectivity index (χ0n) is 13.6. The number of hydrogen-bond donors (Lipinski definition) is 1. The smallest absolute Gasteiger partial charge is 0.158 e. The highest BCUT2D eigenvalue weighted by molar-refractivity contribution is 5.91. The van der Waals surface area contributed by atoms with Gasteiger partial charge in [0.15, 0.2) is 5.78 Å². The summed E-state index contributed by atoms with van der Waals surface area (Å²) in [5, 5.41) is 3.45. The van der Waals surface area contributed by atoms with Crippen LogP contribution in [0.25, 0.3) is 0 Å². The van der Waals surface area contributed by atoms with Gasteiger partial charge in [-0.3, -0.25) is 4.79 Å². The molecule has 0 spiro atoms. The molecule has 1 aliphatic carbocycles. The second-order valence-electron chi connectivity index (χ2n) is 6.31. The van der Waals surface area contributed by atoms with Gasteiger partial charge in [0.2, 0.25) is 0 Å². The van der Waals surface area contributed by atoms with Crippen molar-refractivity contribution in [3.63, 3.8) is 0 Å². The van der Waals surface area contributed by atoms with Crippen LogP contribution in [-0.4, -0.2) is 12.3 Å². The highest BCUT2D eigenvalue weighted by Crippen LogP contribution is 2.30. The number of nitrogens with one attached hydrogen (secondary N) is 1. The summed E-state index contributed by atoms with van der Waals surface area (Å²) >= 11 is 0. The minimum Gasteiger partial charge on any atom is -0.388 e. The van der Waals surface area contributed by atoms with Gasteiger partial charge in [-0.2, -0.15) is 0 Å². The number of benzene rings is 2. The molecule has 0 heterocycles. The highest BCUT2D eigenvalue weighted by Gasteiger charge is 2.21. The van der Waals surface area contributed by atoms with Crippen molar-refractivity contribution in [2.45, 2.75) is 32.1 Å². The summed E-state index contributed by atoms with van der Waals surface area (Å²) in [5.74, 6) is 0.524. The van der Waals surface area contributed by atoms with E-state index in [9.17, 15) is 4.79 Å². The van der Waals surface area contributed by atoms with Gasteiger partial charge in [-0.05, 0) is 36.8 Å². The lowest BCUT2D eigenvalue weighted by Crippen LogP contribution is -2.23. The van der Waals surface area contributed by atoms with Gasteiger partial charge in [0.25, 0.3) is 0 Å². The van der Waals surface area contributed by atoms with E-state index in [0.717, 1.165) is 25.1 Å². The zero-order chi connectivity index (χ0) is 16.1. The van der Waals surface area contributed by atoms with Gasteiger partial charge in [0.1, 0.15) is 0 Å². The number of rotatable bonds is 5. The molecular weight excluding hydrogens is 282 g/mol. The number of carbonyl (C=O) groups excluding carboxylic acids is 1. The van der Waals surface area contributed by atoms with E-state index in [1.807, 2.05) is 6.07 Å². The Morgan fingerprint density at radius 2 is 1.74 bits per heavy atom. The van der Waals surface area contributed by atoms with E-state index in [1.54, 1.807) is 6.08 Å². The fourth-order valence-corrected chi connectivity index (χ4v) is 3.10. The van der Waals surface area contributed by atoms with Crippen molar-refractivity contribution in [3.8, 4) is 0 Å². The molecule has 0 saturated carbocycles. The maximum absolute atomic E-state index is 12.0. The van der Waals surface area contributed by atoms with E-state index >= 15 is 0 Å². The molecule has 0 amide bonds. The Balaban J connectivity index is 1.59. The van der Waals surface area contributed by atoms with Gasteiger partial charge in [0.05, 0.1) is 0 Å². The summed E-state index contributed by atoms with van der Waals surface area (Å²) in [5.41, 5.74) is 4.91. The van der Waals surface area contributed by atoms with Crippen LogP contribution in [0.3, 0.4) is 0 Å². The molecule has 0 bridgehead atoms. The van der Waals surface area contributed by atoms with Gasteiger partial charge < -0.3 is 5.32 Å². The van der Waals surface area contributed by atoms with Gasteiger partial charge in [0, 0.05) is 24.7 Å². The monoisotopic (exact) mass is 305 g/mol. The Labute approximate surface area is 138 Å². The quantitative estimate of drug-likeness (QED) is 0.899. The second kappa shape index (κ2) is 7.28. The largest absolute Gasteiger partial charge is 0.388 e. The van der Waals surface area contributed by atoms with Crippen molar-refractivity contribution in [3.05, 3.63) is 83.1 Å². The lowest BCUT2D eigenvalue weighted by atomic mass is 9.85. The Morgan fingerprint density at radius 1 is 1.00 bits per heavy atom. The third-order valence-electron chi connectivity index (χ3n) is 4.41. The molecule has 2 nitrogen and oxygen atoms in total. The average molecular weight is 305 g/mol. The van der Waals surface area contributed by atoms with Crippen molar-refractivity contribution in [2.75, 3.05) is 6.54 Å². The summed E-state index contributed by atoms with van der Waals surface area (Å²) in [6, 6.07) is 19.0. The molecule has 23 heavy (non-hydrogen) atoms. The van der Waals surface area contributed by atoms with Crippen molar-refractivity contribution >= 4 is 5.78 Å². The molecule has 0 unspecified atom stereocenters. The lowest BCUT2D eigenvalue weighted by molar-refractivity contribution is -0.115. The predicted octanol–water partition coefficient (Wildman–Crippen LogP) is 4.16. The Hall–Kier alpha value is -2.35. The van der Waals surface area contributed by atoms with Gasteiger partial charge in [-0.15, -0.1) is 0 Å². The maximum atomic E-state index is 12.0. The van der Waals surface area contributed by atoms with E-state index in [0.29, 0.717) is 12.3 Å². The molecule has 0 aromatic heterocycles. The number of carbonyl (C=O) groups is 1. The van der Waals surface area contributed by atoms with Crippen molar-refractivity contribution in [1.82, 2.24) is 5.32 Å². The van der Waals surface area contributed by atoms with Crippen LogP contribution < -0.4 is 5.32 Å². The lowest BCUT2D eigenvalue weighted by Gasteiger charge is -2.23. The normalized spacial score (nSPS) is 17.7. The Bertz CT molecular complexity index is 686. The molecule has 1 N–H and O–H groups in total. The molecular formula is C21H23NO. The Morgan fingerprint density at radius 3 is 2.48 bits per heavy atom. The van der Waals surface area contributed by atoms with E-state index in [4.69, 9.17) is 0 Å². The summed E-state index contributed by atoms with van der Waals surface area (Å²) in [6.07, 6.45) is 4.30. The first-order valence-electron chi connectivity index (χ1n) is 8.28. The zero-order valence-corrected chi connectivity index (χ0v) is 13.6. The third-order valence-corrected chi connectivity index (χ3v) is 4.41. The predicted molar refractivity (Wildman–Crippen MR) is 94.4 cm³/mol. The van der Waals surface area contributed by atoms with Crippen LogP contribution in [0.5, 0.6) is 0 Å². The van der Waals surface area contributed by atoms with Crippen LogP contribution in [0, 0.1) is 6.92 Å². The van der Waals surface area contributed by atoms with Crippen LogP contribution in [-0.2, 0) is 11.2 Å². The molecule has 0 saturated heterocycles. The minimum absolute atomic E-state index is 0.226. The van der Waals surface area contributed by atoms with E-state index in [2.05, 4.69) is 60.8 Å². The summed E-state index contributed by atoms with van der Waals surface area (Å²) in [4.78, 5) is 12.0. The molecule has 118 valence electrons. The van der Waals surface area contributed by atoms with E-state index in [-0.39, 0.29) is 5.78 Å². The fourth-order valence-electron chi connectivity index (χ4n) is 3.10. The SMILES string of the molecule is Cc1ccc([C@H]2CC(=O)C=C(NCCc3ccccc3)C2)cc1. The maximum Gasteiger partial charge on any atom is 0.158 e. The van der Waals surface area contributed by atoms with Crippen molar-refractivity contribution in [2.24, 2.45) is 0 Å². The molecule has 0 fully saturated rings. The topological polar surface area (TPSA) is 29.1 Å². The molecule has 2 heteroatoms. The first kappa shape index (κ1) is 15.5. The fraction of sp³-hybridized carbons (Fsp3) is 0.286. The van der Waals surface area contributed by atoms with Crippen LogP contribution in [0.1, 0.15) is 35.4 Å². The van der Waals surface area contributed by atoms with Gasteiger partial charge >= 0.3 is 0 Å². The van der Waals surface area contributed by atoms with Crippen LogP contribution in [0.2, 0.25) is 0 Å². The summed E-state index contributed by atoms with van der Waals surface area (Å²) in [7, 11) is 0. The van der Waals surface area contributed by atoms with Crippen molar-refractivity contribution in [1.29, 1.82) is 0 Å². The van der Waals surface area contributed by atoms with Crippen LogP contribution >= 0.6 is 0 Å². The number of allylic oxidation sites excluding steroid dienone is 2. The standard InChI is InChI=1S/C21H23NO/c1-16-7-9-18(10-8-16)19-13-20(15-21(23)14-19)22-12-11-17-5-3-2-4-6-17/h2-10,15,19,22H,11-14H2,1H3/t19-/m1/s1. The van der Waals surface area contributed by atoms with Gasteiger partial charge in [-0.25, -0.2) is 0 Å². The van der Waals surface area contributed by atoms with Gasteiger partial charge in [-0.1, -0.05) is 60.2 Å². The average Bonchev–Trinajstić information content (AvgIpc) is 2.56. The highest BCUT2D eigenvalue weighted by atomic mass is 16.1. The van der Waals surface area contributed by atoms with Crippen LogP contribution in [0.4, 0.5) is 0 Å². The molecule has 1 aliphatic rings. The Kier molecular flexibility index (Phi) is 4.92. The van der Waals surface area contributed by atoms with E-state index < -0.39 is 0 Å². The molecule has 2 aromatic rings. The molecule has 1 atom stereocenters. The first-order valence-corrected chi connectivity index (χ1v) is 8.28. The van der Waals surface area contributed by atoms with Crippen LogP contribution in [0.15, 0.2) is 66.4 Å². The third kappa shape index (κ3) is 4.32. The molecule has 3 rings (SSSR count). The molecule has 0 aliphatic heterocycles. The summed E-state index contributed by atoms with van der Waals surface area (Å²) in [6.45, 7) is 2.95. The number of aryl methyl sites for hydroxylation is 1. The second-order valence-corrected chi connectivity index (χ2v) is 6.31. The molecule has 2 aromatic carbocycles.